The van der Waals surface area contributed by atoms with Crippen molar-refractivity contribution >= 4 is 23.2 Å². The van der Waals surface area contributed by atoms with Gasteiger partial charge in [-0.25, -0.2) is 0 Å². The predicted molar refractivity (Wildman–Crippen MR) is 101 cm³/mol. The van der Waals surface area contributed by atoms with Crippen LogP contribution in [-0.2, 0) is 6.61 Å². The van der Waals surface area contributed by atoms with Crippen molar-refractivity contribution in [3.8, 4) is 17.1 Å². The molecule has 0 aliphatic carbocycles. The number of hydrogen-bond donors (Lipinski definition) is 2. The number of halogens is 1. The van der Waals surface area contributed by atoms with Gasteiger partial charge in [-0.3, -0.25) is 4.79 Å². The van der Waals surface area contributed by atoms with Crippen LogP contribution in [0.1, 0.15) is 21.7 Å². The minimum absolute atomic E-state index is 0.144. The largest absolute Gasteiger partial charge is 0.496 e. The van der Waals surface area contributed by atoms with Gasteiger partial charge in [0.05, 0.1) is 12.7 Å². The maximum Gasteiger partial charge on any atom is 0.259 e. The Morgan fingerprint density at radius 1 is 1.19 bits per heavy atom. The molecule has 6 heteroatoms. The molecule has 5 nitrogen and oxygen atoms in total. The van der Waals surface area contributed by atoms with Crippen molar-refractivity contribution < 1.29 is 19.1 Å². The van der Waals surface area contributed by atoms with Crippen LogP contribution in [0.3, 0.4) is 0 Å². The number of ether oxygens (including phenoxy) is 1. The Hall–Kier alpha value is -2.76. The predicted octanol–water partition coefficient (Wildman–Crippen LogP) is 4.66. The fraction of sp³-hybridized carbons (Fsp3) is 0.150. The van der Waals surface area contributed by atoms with E-state index in [0.717, 1.165) is 11.1 Å². The molecule has 1 heterocycles. The van der Waals surface area contributed by atoms with E-state index in [4.69, 9.17) is 25.9 Å². The Kier molecular flexibility index (Phi) is 5.30. The zero-order valence-electron chi connectivity index (χ0n) is 14.4. The third-order valence-corrected chi connectivity index (χ3v) is 4.21. The molecule has 3 rings (SSSR count). The highest BCUT2D eigenvalue weighted by molar-refractivity contribution is 6.31. The summed E-state index contributed by atoms with van der Waals surface area (Å²) in [6, 6.07) is 13.9. The smallest absolute Gasteiger partial charge is 0.259 e. The van der Waals surface area contributed by atoms with Crippen LogP contribution >= 0.6 is 11.6 Å². The van der Waals surface area contributed by atoms with E-state index in [0.29, 0.717) is 33.5 Å². The van der Waals surface area contributed by atoms with Gasteiger partial charge in [0, 0.05) is 16.3 Å². The summed E-state index contributed by atoms with van der Waals surface area (Å²) in [7, 11) is 1.50. The zero-order valence-corrected chi connectivity index (χ0v) is 15.1. The fourth-order valence-electron chi connectivity index (χ4n) is 2.68. The number of furan rings is 1. The van der Waals surface area contributed by atoms with E-state index in [1.165, 1.54) is 7.11 Å². The van der Waals surface area contributed by atoms with Crippen LogP contribution in [-0.4, -0.2) is 18.1 Å². The van der Waals surface area contributed by atoms with Gasteiger partial charge in [0.2, 0.25) is 0 Å². The molecule has 0 spiro atoms. The highest BCUT2D eigenvalue weighted by Gasteiger charge is 2.14. The molecule has 2 N–H and O–H groups in total. The average molecular weight is 372 g/mol. The average Bonchev–Trinajstić information content (AvgIpc) is 3.10. The third-order valence-electron chi connectivity index (χ3n) is 3.97. The van der Waals surface area contributed by atoms with Crippen LogP contribution < -0.4 is 10.1 Å². The van der Waals surface area contributed by atoms with Crippen LogP contribution in [0.2, 0.25) is 5.02 Å². The maximum absolute atomic E-state index is 12.6. The van der Waals surface area contributed by atoms with Crippen molar-refractivity contribution in [2.45, 2.75) is 13.5 Å². The van der Waals surface area contributed by atoms with Gasteiger partial charge < -0.3 is 19.6 Å². The number of carbonyl (C=O) groups excluding carboxylic acids is 1. The van der Waals surface area contributed by atoms with Crippen LogP contribution in [0.5, 0.6) is 5.75 Å². The van der Waals surface area contributed by atoms with Crippen LogP contribution in [0.25, 0.3) is 11.3 Å². The van der Waals surface area contributed by atoms with Crippen molar-refractivity contribution in [1.29, 1.82) is 0 Å². The number of carbonyl (C=O) groups is 1. The monoisotopic (exact) mass is 371 g/mol. The number of nitrogens with one attached hydrogen (secondary N) is 1. The number of methoxy groups -OCH3 is 1. The molecular formula is C20H18ClNO4. The highest BCUT2D eigenvalue weighted by Crippen LogP contribution is 2.29. The maximum atomic E-state index is 12.6. The van der Waals surface area contributed by atoms with E-state index in [1.54, 1.807) is 30.3 Å². The lowest BCUT2D eigenvalue weighted by Crippen LogP contribution is -2.13. The second-order valence-corrected chi connectivity index (χ2v) is 6.19. The molecule has 0 aliphatic rings. The van der Waals surface area contributed by atoms with Gasteiger partial charge >= 0.3 is 0 Å². The second kappa shape index (κ2) is 7.64. The number of rotatable bonds is 5. The summed E-state index contributed by atoms with van der Waals surface area (Å²) in [6.07, 6.45) is 0. The van der Waals surface area contributed by atoms with Crippen molar-refractivity contribution in [2.24, 2.45) is 0 Å². The quantitative estimate of drug-likeness (QED) is 0.684. The molecule has 0 bridgehead atoms. The fourth-order valence-corrected chi connectivity index (χ4v) is 2.85. The molecular weight excluding hydrogens is 354 g/mol. The second-order valence-electron chi connectivity index (χ2n) is 5.75. The van der Waals surface area contributed by atoms with Gasteiger partial charge in [-0.05, 0) is 61.0 Å². The first-order valence-electron chi connectivity index (χ1n) is 7.97. The molecule has 26 heavy (non-hydrogen) atoms. The summed E-state index contributed by atoms with van der Waals surface area (Å²) in [6.45, 7) is 1.78. The number of amides is 1. The lowest BCUT2D eigenvalue weighted by Gasteiger charge is -2.11. The van der Waals surface area contributed by atoms with E-state index < -0.39 is 0 Å². The van der Waals surface area contributed by atoms with Crippen molar-refractivity contribution in [3.63, 3.8) is 0 Å². The molecule has 0 atom stereocenters. The Labute approximate surface area is 156 Å². The van der Waals surface area contributed by atoms with E-state index in [1.807, 2.05) is 25.1 Å². The number of benzene rings is 2. The summed E-state index contributed by atoms with van der Waals surface area (Å²) in [5, 5.41) is 12.4. The van der Waals surface area contributed by atoms with Gasteiger partial charge in [0.1, 0.15) is 23.9 Å². The normalized spacial score (nSPS) is 10.6. The van der Waals surface area contributed by atoms with Gasteiger partial charge in [0.25, 0.3) is 5.91 Å². The molecule has 0 aliphatic heterocycles. The molecule has 3 aromatic rings. The summed E-state index contributed by atoms with van der Waals surface area (Å²) >= 11 is 5.98. The molecule has 2 aromatic carbocycles. The van der Waals surface area contributed by atoms with Gasteiger partial charge in [-0.1, -0.05) is 11.6 Å². The Morgan fingerprint density at radius 3 is 2.65 bits per heavy atom. The SMILES string of the molecule is COc1ccc(Cl)cc1C(=O)Nc1ccc(-c2ccc(CO)o2)c(C)c1. The van der Waals surface area contributed by atoms with Crippen molar-refractivity contribution in [3.05, 3.63) is 70.4 Å². The Bertz CT molecular complexity index is 949. The highest BCUT2D eigenvalue weighted by atomic mass is 35.5. The summed E-state index contributed by atoms with van der Waals surface area (Å²) in [4.78, 5) is 12.6. The van der Waals surface area contributed by atoms with E-state index >= 15 is 0 Å². The standard InChI is InChI=1S/C20H18ClNO4/c1-12-9-14(4-6-16(12)19-8-5-15(11-23)26-19)22-20(24)17-10-13(21)3-7-18(17)25-2/h3-10,23H,11H2,1-2H3,(H,22,24). The number of aliphatic hydroxyl groups is 1. The van der Waals surface area contributed by atoms with Crippen molar-refractivity contribution in [2.75, 3.05) is 12.4 Å². The molecule has 0 saturated carbocycles. The van der Waals surface area contributed by atoms with E-state index in [-0.39, 0.29) is 12.5 Å². The Morgan fingerprint density at radius 2 is 2.00 bits per heavy atom. The minimum Gasteiger partial charge on any atom is -0.496 e. The first kappa shape index (κ1) is 18.0. The minimum atomic E-state index is -0.308. The number of anilines is 1. The lowest BCUT2D eigenvalue weighted by molar-refractivity contribution is 0.102. The zero-order chi connectivity index (χ0) is 18.7. The Balaban J connectivity index is 1.84. The lowest BCUT2D eigenvalue weighted by atomic mass is 10.1. The first-order chi connectivity index (χ1) is 12.5. The third kappa shape index (κ3) is 3.74. The summed E-state index contributed by atoms with van der Waals surface area (Å²) in [5.74, 6) is 1.31. The molecule has 134 valence electrons. The molecule has 1 aromatic heterocycles. The number of aliphatic hydroxyl groups excluding tert-OH is 1. The van der Waals surface area contributed by atoms with Gasteiger partial charge in [-0.2, -0.15) is 0 Å². The van der Waals surface area contributed by atoms with Crippen molar-refractivity contribution in [1.82, 2.24) is 0 Å². The molecule has 0 unspecified atom stereocenters. The molecule has 0 radical (unpaired) electrons. The first-order valence-corrected chi connectivity index (χ1v) is 8.35. The van der Waals surface area contributed by atoms with Crippen LogP contribution in [0.4, 0.5) is 5.69 Å². The van der Waals surface area contributed by atoms with E-state index in [9.17, 15) is 4.79 Å². The van der Waals surface area contributed by atoms with E-state index in [2.05, 4.69) is 5.32 Å². The van der Waals surface area contributed by atoms with Gasteiger partial charge in [0.15, 0.2) is 0 Å². The number of hydrogen-bond acceptors (Lipinski definition) is 4. The molecule has 1 amide bonds. The van der Waals surface area contributed by atoms with Crippen LogP contribution in [0.15, 0.2) is 52.9 Å². The topological polar surface area (TPSA) is 71.7 Å². The van der Waals surface area contributed by atoms with Crippen LogP contribution in [0, 0.1) is 6.92 Å². The summed E-state index contributed by atoms with van der Waals surface area (Å²) in [5.41, 5.74) is 2.83. The molecule has 0 saturated heterocycles. The molecule has 0 fully saturated rings. The summed E-state index contributed by atoms with van der Waals surface area (Å²) < 4.78 is 10.8. The number of aryl methyl sites for hydroxylation is 1. The van der Waals surface area contributed by atoms with Gasteiger partial charge in [-0.15, -0.1) is 0 Å².